The van der Waals surface area contributed by atoms with Crippen LogP contribution in [-0.2, 0) is 11.8 Å². The quantitative estimate of drug-likeness (QED) is 0.282. The predicted octanol–water partition coefficient (Wildman–Crippen LogP) is 3.31. The second kappa shape index (κ2) is 10.0. The second-order valence-electron chi connectivity index (χ2n) is 9.57. The van der Waals surface area contributed by atoms with Crippen molar-refractivity contribution >= 4 is 40.1 Å². The van der Waals surface area contributed by atoms with Gasteiger partial charge in [-0.3, -0.25) is 19.4 Å². The summed E-state index contributed by atoms with van der Waals surface area (Å²) < 4.78 is 13.0. The van der Waals surface area contributed by atoms with Gasteiger partial charge in [0.2, 0.25) is 0 Å². The van der Waals surface area contributed by atoms with Crippen LogP contribution in [0.3, 0.4) is 0 Å². The lowest BCUT2D eigenvalue weighted by molar-refractivity contribution is -0.146. The number of rotatable bonds is 6. The smallest absolute Gasteiger partial charge is 0.321 e. The number of aliphatic hydroxyl groups is 2. The molecular weight excluding hydrogens is 526 g/mol. The molecule has 0 saturated carbocycles. The normalized spacial score (nSPS) is 19.8. The molecule has 202 valence electrons. The van der Waals surface area contributed by atoms with Gasteiger partial charge in [0.15, 0.2) is 17.3 Å². The Labute approximate surface area is 228 Å². The number of nitrogens with one attached hydrogen (secondary N) is 1. The topological polar surface area (TPSA) is 142 Å². The van der Waals surface area contributed by atoms with Crippen LogP contribution in [-0.4, -0.2) is 72.9 Å². The molecule has 0 spiro atoms. The minimum absolute atomic E-state index is 0.0482. The molecule has 11 nitrogen and oxygen atoms in total. The van der Waals surface area contributed by atoms with Crippen molar-refractivity contribution in [3.05, 3.63) is 59.2 Å². The highest BCUT2D eigenvalue weighted by Crippen LogP contribution is 2.40. The van der Waals surface area contributed by atoms with Crippen molar-refractivity contribution in [2.75, 3.05) is 25.1 Å². The summed E-state index contributed by atoms with van der Waals surface area (Å²) in [6.45, 7) is 1.06. The van der Waals surface area contributed by atoms with Gasteiger partial charge in [-0.15, -0.1) is 0 Å². The zero-order chi connectivity index (χ0) is 27.3. The van der Waals surface area contributed by atoms with Gasteiger partial charge in [-0.1, -0.05) is 29.8 Å². The van der Waals surface area contributed by atoms with Crippen molar-refractivity contribution in [2.45, 2.75) is 24.8 Å². The molecule has 0 bridgehead atoms. The van der Waals surface area contributed by atoms with Gasteiger partial charge >= 0.3 is 5.97 Å². The number of aliphatic hydroxyl groups excluding tert-OH is 2. The summed E-state index contributed by atoms with van der Waals surface area (Å²) in [6, 6.07) is 12.1. The van der Waals surface area contributed by atoms with Gasteiger partial charge in [-0.05, 0) is 29.8 Å². The van der Waals surface area contributed by atoms with E-state index in [9.17, 15) is 20.1 Å². The number of benzene rings is 2. The van der Waals surface area contributed by atoms with Crippen LogP contribution >= 0.6 is 11.6 Å². The first-order valence-electron chi connectivity index (χ1n) is 12.4. The number of aryl methyl sites for hydroxylation is 1. The Balaban J connectivity index is 1.29. The van der Waals surface area contributed by atoms with E-state index in [4.69, 9.17) is 21.1 Å². The molecule has 12 heteroatoms. The number of nitrogens with zero attached hydrogens (tertiary/aromatic N) is 4. The third-order valence-corrected chi connectivity index (χ3v) is 7.44. The molecule has 1 unspecified atom stereocenters. The van der Waals surface area contributed by atoms with Gasteiger partial charge in [0.25, 0.3) is 0 Å². The number of aromatic nitrogens is 3. The monoisotopic (exact) mass is 551 g/mol. The summed E-state index contributed by atoms with van der Waals surface area (Å²) in [7, 11) is 1.75. The van der Waals surface area contributed by atoms with Gasteiger partial charge in [0.05, 0.1) is 22.3 Å². The number of aliphatic carboxylic acids is 1. The van der Waals surface area contributed by atoms with E-state index in [0.29, 0.717) is 57.8 Å². The molecule has 2 aromatic heterocycles. The molecule has 39 heavy (non-hydrogen) atoms. The minimum atomic E-state index is -1.25. The zero-order valence-electron chi connectivity index (χ0n) is 20.9. The number of anilines is 2. The van der Waals surface area contributed by atoms with Gasteiger partial charge in [0, 0.05) is 37.3 Å². The van der Waals surface area contributed by atoms with Crippen LogP contribution in [0.2, 0.25) is 5.02 Å². The first kappa shape index (κ1) is 25.4. The fourth-order valence-corrected chi connectivity index (χ4v) is 5.39. The predicted molar refractivity (Wildman–Crippen MR) is 143 cm³/mol. The van der Waals surface area contributed by atoms with Crippen LogP contribution in [0, 0.1) is 0 Å². The van der Waals surface area contributed by atoms with Crippen LogP contribution in [0.1, 0.15) is 18.2 Å². The molecule has 2 aromatic carbocycles. The Hall–Kier alpha value is -3.90. The molecule has 4 aromatic rings. The zero-order valence-corrected chi connectivity index (χ0v) is 21.7. The van der Waals surface area contributed by atoms with Gasteiger partial charge in [-0.25, -0.2) is 0 Å². The third kappa shape index (κ3) is 4.63. The van der Waals surface area contributed by atoms with Crippen LogP contribution in [0.15, 0.2) is 48.7 Å². The van der Waals surface area contributed by atoms with Crippen molar-refractivity contribution in [3.63, 3.8) is 0 Å². The highest BCUT2D eigenvalue weighted by molar-refractivity contribution is 6.36. The van der Waals surface area contributed by atoms with Gasteiger partial charge < -0.3 is 30.1 Å². The number of fused-ring (bicyclic) bond motifs is 2. The number of carbonyl (C=O) groups is 1. The molecule has 4 N–H and O–H groups in total. The van der Waals surface area contributed by atoms with Crippen molar-refractivity contribution in [3.8, 4) is 22.6 Å². The van der Waals surface area contributed by atoms with Crippen molar-refractivity contribution in [2.24, 2.45) is 7.05 Å². The van der Waals surface area contributed by atoms with E-state index in [-0.39, 0.29) is 13.0 Å². The number of halogens is 1. The minimum Gasteiger partial charge on any atom is -0.486 e. The molecule has 0 radical (unpaired) electrons. The van der Waals surface area contributed by atoms with Gasteiger partial charge in [-0.2, -0.15) is 5.10 Å². The maximum absolute atomic E-state index is 11.6. The summed E-state index contributed by atoms with van der Waals surface area (Å²) >= 11 is 6.83. The fourth-order valence-electron chi connectivity index (χ4n) is 5.11. The number of hydrogen-bond donors (Lipinski definition) is 4. The number of hydrogen-bond acceptors (Lipinski definition) is 9. The van der Waals surface area contributed by atoms with E-state index >= 15 is 0 Å². The average Bonchev–Trinajstić information content (AvgIpc) is 3.48. The molecule has 3 atom stereocenters. The largest absolute Gasteiger partial charge is 0.486 e. The Morgan fingerprint density at radius 3 is 2.77 bits per heavy atom. The van der Waals surface area contributed by atoms with Crippen molar-refractivity contribution < 1.29 is 29.6 Å². The number of likely N-dealkylation sites (tertiary alicyclic amines) is 1. The SMILES string of the molecule is Cn1nc(Nc2cccc(-c3ccc4c(c3)OCCO4)c2Cl)c2ncc(C(O)N3C[C@H](O)C[C@H]3C(=O)O)cc21. The lowest BCUT2D eigenvalue weighted by atomic mass is 10.0. The first-order chi connectivity index (χ1) is 18.8. The summed E-state index contributed by atoms with van der Waals surface area (Å²) in [5, 5.41) is 38.7. The average molecular weight is 552 g/mol. The number of carboxylic acid groups (broad SMARTS) is 1. The standard InChI is InChI=1S/C27H26ClN5O6/c1-32-19-9-15(26(35)33-13-16(34)11-20(33)27(36)37)12-29-24(19)25(31-32)30-18-4-2-3-17(23(18)28)14-5-6-21-22(10-14)39-8-7-38-21/h2-6,9-10,12,16,20,26,34-35H,7-8,11,13H2,1H3,(H,30,31)(H,36,37)/t16-,20+,26?/m1/s1. The van der Waals surface area contributed by atoms with Crippen molar-refractivity contribution in [1.82, 2.24) is 19.7 Å². The second-order valence-corrected chi connectivity index (χ2v) is 9.95. The summed E-state index contributed by atoms with van der Waals surface area (Å²) in [6.07, 6.45) is -0.541. The van der Waals surface area contributed by atoms with E-state index in [2.05, 4.69) is 15.4 Å². The van der Waals surface area contributed by atoms with Crippen molar-refractivity contribution in [1.29, 1.82) is 0 Å². The van der Waals surface area contributed by atoms with E-state index in [1.54, 1.807) is 17.8 Å². The molecule has 4 heterocycles. The fraction of sp³-hybridized carbons (Fsp3) is 0.296. The Kier molecular flexibility index (Phi) is 6.51. The lowest BCUT2D eigenvalue weighted by Crippen LogP contribution is -2.38. The van der Waals surface area contributed by atoms with Crippen LogP contribution in [0.4, 0.5) is 11.5 Å². The summed E-state index contributed by atoms with van der Waals surface area (Å²) in [5.74, 6) is 0.742. The van der Waals surface area contributed by atoms with Crippen LogP contribution in [0.25, 0.3) is 22.2 Å². The number of pyridine rings is 1. The highest BCUT2D eigenvalue weighted by atomic mass is 35.5. The Bertz CT molecular complexity index is 1580. The number of β-amino-alcohol motifs (C(OH)–C–C–N with tert-alkyl or cyclic N) is 1. The van der Waals surface area contributed by atoms with Crippen LogP contribution in [0.5, 0.6) is 11.5 Å². The summed E-state index contributed by atoms with van der Waals surface area (Å²) in [4.78, 5) is 17.5. The van der Waals surface area contributed by atoms with E-state index in [0.717, 1.165) is 11.1 Å². The lowest BCUT2D eigenvalue weighted by Gasteiger charge is -2.26. The highest BCUT2D eigenvalue weighted by Gasteiger charge is 2.40. The molecule has 2 aliphatic heterocycles. The molecule has 1 saturated heterocycles. The Morgan fingerprint density at radius 2 is 1.97 bits per heavy atom. The Morgan fingerprint density at radius 1 is 1.18 bits per heavy atom. The van der Waals surface area contributed by atoms with Gasteiger partial charge in [0.1, 0.15) is 31.0 Å². The molecule has 1 fully saturated rings. The summed E-state index contributed by atoms with van der Waals surface area (Å²) in [5.41, 5.74) is 3.88. The van der Waals surface area contributed by atoms with Crippen LogP contribution < -0.4 is 14.8 Å². The third-order valence-electron chi connectivity index (χ3n) is 7.03. The maximum atomic E-state index is 11.6. The van der Waals surface area contributed by atoms with E-state index < -0.39 is 24.3 Å². The molecule has 2 aliphatic rings. The molecule has 6 rings (SSSR count). The van der Waals surface area contributed by atoms with E-state index in [1.165, 1.54) is 11.1 Å². The van der Waals surface area contributed by atoms with E-state index in [1.807, 2.05) is 36.4 Å². The molecule has 0 aliphatic carbocycles. The first-order valence-corrected chi connectivity index (χ1v) is 12.8. The number of ether oxygens (including phenoxy) is 2. The number of carboxylic acids is 1. The maximum Gasteiger partial charge on any atom is 0.321 e. The molecule has 0 amide bonds. The molecular formula is C27H26ClN5O6.